The smallest absolute Gasteiger partial charge is 0.375 e. The fourth-order valence-corrected chi connectivity index (χ4v) is 4.34. The molecule has 0 saturated carbocycles. The average Bonchev–Trinajstić information content (AvgIpc) is 3.19. The molecule has 2 aromatic rings. The first-order chi connectivity index (χ1) is 16.3. The molecule has 188 valence electrons. The standard InChI is InChI=1S/C23H19ClF6N2O3/c1-34-12-20(33)32-10-15(11-32)13-2-4-14(5-3-13)19-9-21(35-31-19,23(28,29)30)16-6-17(22(25,26)27)8-18(24)7-16/h2-8,15H,9-12H2,1H3. The van der Waals surface area contributed by atoms with E-state index >= 15 is 0 Å². The summed E-state index contributed by atoms with van der Waals surface area (Å²) >= 11 is 5.72. The minimum Gasteiger partial charge on any atom is -0.375 e. The fourth-order valence-electron chi connectivity index (χ4n) is 4.10. The van der Waals surface area contributed by atoms with E-state index in [0.29, 0.717) is 30.8 Å². The summed E-state index contributed by atoms with van der Waals surface area (Å²) in [6.07, 6.45) is -10.8. The molecule has 12 heteroatoms. The van der Waals surface area contributed by atoms with Crippen molar-refractivity contribution in [1.82, 2.24) is 4.90 Å². The first-order valence-corrected chi connectivity index (χ1v) is 10.8. The van der Waals surface area contributed by atoms with Crippen molar-refractivity contribution in [3.05, 3.63) is 69.7 Å². The average molecular weight is 521 g/mol. The topological polar surface area (TPSA) is 51.1 Å². The molecule has 2 aliphatic heterocycles. The summed E-state index contributed by atoms with van der Waals surface area (Å²) in [7, 11) is 1.43. The van der Waals surface area contributed by atoms with Gasteiger partial charge in [0.25, 0.3) is 5.60 Å². The summed E-state index contributed by atoms with van der Waals surface area (Å²) in [6.45, 7) is 0.988. The van der Waals surface area contributed by atoms with Gasteiger partial charge in [0.1, 0.15) is 6.61 Å². The van der Waals surface area contributed by atoms with Gasteiger partial charge in [-0.25, -0.2) is 0 Å². The summed E-state index contributed by atoms with van der Waals surface area (Å²) in [5, 5.41) is 3.09. The summed E-state index contributed by atoms with van der Waals surface area (Å²) in [5.74, 6) is -0.0517. The number of nitrogens with zero attached hydrogens (tertiary/aromatic N) is 2. The van der Waals surface area contributed by atoms with Crippen molar-refractivity contribution in [3.63, 3.8) is 0 Å². The maximum absolute atomic E-state index is 14.2. The fraction of sp³-hybridized carbons (Fsp3) is 0.391. The van der Waals surface area contributed by atoms with Gasteiger partial charge in [-0.15, -0.1) is 0 Å². The zero-order chi connectivity index (χ0) is 25.6. The van der Waals surface area contributed by atoms with Crippen LogP contribution >= 0.6 is 11.6 Å². The first kappa shape index (κ1) is 25.3. The molecule has 1 unspecified atom stereocenters. The van der Waals surface area contributed by atoms with Crippen molar-refractivity contribution in [3.8, 4) is 0 Å². The SMILES string of the molecule is COCC(=O)N1CC(c2ccc(C3=NOC(c4cc(Cl)cc(C(F)(F)F)c4)(C(F)(F)F)C3)cc2)C1. The second-order valence-corrected chi connectivity index (χ2v) is 8.84. The van der Waals surface area contributed by atoms with Gasteiger partial charge in [0.05, 0.1) is 11.3 Å². The molecule has 1 atom stereocenters. The Morgan fingerprint density at radius 3 is 2.37 bits per heavy atom. The van der Waals surface area contributed by atoms with E-state index < -0.39 is 40.5 Å². The number of amides is 1. The maximum Gasteiger partial charge on any atom is 0.435 e. The van der Waals surface area contributed by atoms with Gasteiger partial charge >= 0.3 is 12.4 Å². The van der Waals surface area contributed by atoms with Gasteiger partial charge < -0.3 is 14.5 Å². The number of hydrogen-bond acceptors (Lipinski definition) is 4. The van der Waals surface area contributed by atoms with Crippen molar-refractivity contribution >= 4 is 23.2 Å². The van der Waals surface area contributed by atoms with E-state index in [1.54, 1.807) is 29.2 Å². The molecule has 35 heavy (non-hydrogen) atoms. The van der Waals surface area contributed by atoms with Crippen molar-refractivity contribution in [1.29, 1.82) is 0 Å². The molecule has 0 bridgehead atoms. The minimum absolute atomic E-state index is 0.0104. The molecular formula is C23H19ClF6N2O3. The molecule has 0 radical (unpaired) electrons. The monoisotopic (exact) mass is 520 g/mol. The van der Waals surface area contributed by atoms with Crippen LogP contribution in [0.15, 0.2) is 47.6 Å². The molecule has 1 fully saturated rings. The molecule has 1 amide bonds. The Morgan fingerprint density at radius 1 is 1.14 bits per heavy atom. The van der Waals surface area contributed by atoms with Crippen LogP contribution in [0.2, 0.25) is 5.02 Å². The van der Waals surface area contributed by atoms with E-state index in [1.807, 2.05) is 0 Å². The third kappa shape index (κ3) is 4.84. The number of oxime groups is 1. The second kappa shape index (κ2) is 9.02. The predicted molar refractivity (Wildman–Crippen MR) is 114 cm³/mol. The summed E-state index contributed by atoms with van der Waals surface area (Å²) in [4.78, 5) is 18.3. The van der Waals surface area contributed by atoms with Crippen molar-refractivity contribution in [2.45, 2.75) is 30.3 Å². The Morgan fingerprint density at radius 2 is 1.80 bits per heavy atom. The highest BCUT2D eigenvalue weighted by Crippen LogP contribution is 2.50. The second-order valence-electron chi connectivity index (χ2n) is 8.41. The Bertz CT molecular complexity index is 1140. The Balaban J connectivity index is 1.54. The van der Waals surface area contributed by atoms with E-state index in [-0.39, 0.29) is 24.1 Å². The van der Waals surface area contributed by atoms with Crippen molar-refractivity contribution in [2.24, 2.45) is 5.16 Å². The van der Waals surface area contributed by atoms with Gasteiger partial charge in [0, 0.05) is 43.1 Å². The van der Waals surface area contributed by atoms with E-state index in [9.17, 15) is 31.1 Å². The van der Waals surface area contributed by atoms with E-state index in [1.165, 1.54) is 7.11 Å². The lowest BCUT2D eigenvalue weighted by Crippen LogP contribution is -2.49. The molecular weight excluding hydrogens is 502 g/mol. The molecule has 0 spiro atoms. The number of likely N-dealkylation sites (tertiary alicyclic amines) is 1. The van der Waals surface area contributed by atoms with Gasteiger partial charge in [0.2, 0.25) is 5.91 Å². The number of carbonyl (C=O) groups is 1. The third-order valence-electron chi connectivity index (χ3n) is 6.09. The van der Waals surface area contributed by atoms with Crippen LogP contribution in [0.4, 0.5) is 26.3 Å². The predicted octanol–water partition coefficient (Wildman–Crippen LogP) is 5.51. The number of methoxy groups -OCH3 is 1. The van der Waals surface area contributed by atoms with Gasteiger partial charge in [0.15, 0.2) is 0 Å². The molecule has 1 saturated heterocycles. The third-order valence-corrected chi connectivity index (χ3v) is 6.31. The lowest BCUT2D eigenvalue weighted by Gasteiger charge is -2.39. The highest BCUT2D eigenvalue weighted by atomic mass is 35.5. The molecule has 2 heterocycles. The van der Waals surface area contributed by atoms with Crippen molar-refractivity contribution < 1.29 is 40.7 Å². The largest absolute Gasteiger partial charge is 0.435 e. The number of hydrogen-bond donors (Lipinski definition) is 0. The molecule has 2 aliphatic rings. The van der Waals surface area contributed by atoms with E-state index in [0.717, 1.165) is 11.6 Å². The van der Waals surface area contributed by atoms with Crippen LogP contribution in [-0.4, -0.2) is 49.5 Å². The number of halogens is 7. The van der Waals surface area contributed by atoms with Crippen LogP contribution in [0.5, 0.6) is 0 Å². The van der Waals surface area contributed by atoms with Crippen LogP contribution < -0.4 is 0 Å². The molecule has 2 aromatic carbocycles. The van der Waals surface area contributed by atoms with Gasteiger partial charge in [-0.2, -0.15) is 26.3 Å². The number of alkyl halides is 6. The quantitative estimate of drug-likeness (QED) is 0.488. The molecule has 5 nitrogen and oxygen atoms in total. The lowest BCUT2D eigenvalue weighted by molar-refractivity contribution is -0.276. The Hall–Kier alpha value is -2.79. The van der Waals surface area contributed by atoms with Gasteiger partial charge in [-0.3, -0.25) is 4.79 Å². The van der Waals surface area contributed by atoms with Crippen LogP contribution in [-0.2, 0) is 26.1 Å². The molecule has 0 N–H and O–H groups in total. The van der Waals surface area contributed by atoms with E-state index in [2.05, 4.69) is 5.16 Å². The van der Waals surface area contributed by atoms with Crippen LogP contribution in [0.3, 0.4) is 0 Å². The molecule has 0 aromatic heterocycles. The highest BCUT2D eigenvalue weighted by Gasteiger charge is 2.62. The number of ether oxygens (including phenoxy) is 1. The minimum atomic E-state index is -5.07. The first-order valence-electron chi connectivity index (χ1n) is 10.4. The zero-order valence-corrected chi connectivity index (χ0v) is 19.0. The van der Waals surface area contributed by atoms with Crippen LogP contribution in [0.25, 0.3) is 0 Å². The number of benzene rings is 2. The summed E-state index contributed by atoms with van der Waals surface area (Å²) < 4.78 is 86.9. The normalized spacial score (nSPS) is 20.9. The maximum atomic E-state index is 14.2. The zero-order valence-electron chi connectivity index (χ0n) is 18.2. The molecule has 4 rings (SSSR count). The number of carbonyl (C=O) groups excluding carboxylic acids is 1. The van der Waals surface area contributed by atoms with E-state index in [4.69, 9.17) is 21.2 Å². The summed E-state index contributed by atoms with van der Waals surface area (Å²) in [5.41, 5.74) is -4.04. The van der Waals surface area contributed by atoms with Crippen LogP contribution in [0, 0.1) is 0 Å². The Labute approximate surface area is 201 Å². The molecule has 0 aliphatic carbocycles. The Kier molecular flexibility index (Phi) is 6.52. The number of rotatable bonds is 5. The van der Waals surface area contributed by atoms with Gasteiger partial charge in [-0.05, 0) is 29.3 Å². The summed E-state index contributed by atoms with van der Waals surface area (Å²) in [6, 6.07) is 8.32. The van der Waals surface area contributed by atoms with Crippen molar-refractivity contribution in [2.75, 3.05) is 26.8 Å². The van der Waals surface area contributed by atoms with Gasteiger partial charge in [-0.1, -0.05) is 41.0 Å². The lowest BCUT2D eigenvalue weighted by atomic mass is 9.85. The van der Waals surface area contributed by atoms with Crippen LogP contribution in [0.1, 0.15) is 34.6 Å². The highest BCUT2D eigenvalue weighted by molar-refractivity contribution is 6.30.